The van der Waals surface area contributed by atoms with Gasteiger partial charge in [0.2, 0.25) is 0 Å². The smallest absolute Gasteiger partial charge is 0.137 e. The molecule has 0 aromatic rings. The molecule has 1 unspecified atom stereocenters. The largest absolute Gasteiger partial charge is 0.325 e. The zero-order valence-electron chi connectivity index (χ0n) is 4.83. The summed E-state index contributed by atoms with van der Waals surface area (Å²) in [6, 6.07) is 0. The first kappa shape index (κ1) is 5.44. The quantitative estimate of drug-likeness (QED) is 0.501. The van der Waals surface area contributed by atoms with Crippen LogP contribution in [0.4, 0.5) is 0 Å². The Morgan fingerprint density at radius 3 is 2.88 bits per heavy atom. The second-order valence-corrected chi connectivity index (χ2v) is 1.73. The van der Waals surface area contributed by atoms with Gasteiger partial charge in [-0.15, -0.1) is 0 Å². The molecule has 0 aliphatic carbocycles. The zero-order valence-corrected chi connectivity index (χ0v) is 4.83. The fraction of sp³-hybridized carbons (Fsp3) is 0.600. The van der Waals surface area contributed by atoms with E-state index in [0.717, 1.165) is 5.71 Å². The summed E-state index contributed by atoms with van der Waals surface area (Å²) in [5, 5.41) is 0. The topological polar surface area (TPSA) is 50.7 Å². The molecule has 0 amide bonds. The third-order valence-corrected chi connectivity index (χ3v) is 1.00. The van der Waals surface area contributed by atoms with Crippen LogP contribution in [0.1, 0.15) is 6.92 Å². The standard InChI is InChI=1S/C5H9N3/c1-4-7-3-5(2-6)8-4/h3-4H,2,6H2,1H3. The SMILES string of the molecule is CC1N=CC(CN)=N1. The monoisotopic (exact) mass is 111 g/mol. The predicted molar refractivity (Wildman–Crippen MR) is 34.4 cm³/mol. The van der Waals surface area contributed by atoms with Crippen LogP contribution in [0.15, 0.2) is 9.98 Å². The summed E-state index contributed by atoms with van der Waals surface area (Å²) in [5.74, 6) is 0. The molecule has 0 spiro atoms. The maximum Gasteiger partial charge on any atom is 0.137 e. The van der Waals surface area contributed by atoms with Crippen molar-refractivity contribution in [1.29, 1.82) is 0 Å². The summed E-state index contributed by atoms with van der Waals surface area (Å²) < 4.78 is 0. The predicted octanol–water partition coefficient (Wildman–Crippen LogP) is -0.183. The van der Waals surface area contributed by atoms with Gasteiger partial charge in [-0.05, 0) is 6.92 Å². The summed E-state index contributed by atoms with van der Waals surface area (Å²) in [4.78, 5) is 8.06. The van der Waals surface area contributed by atoms with Crippen LogP contribution in [0.2, 0.25) is 0 Å². The van der Waals surface area contributed by atoms with Gasteiger partial charge in [0.1, 0.15) is 6.17 Å². The molecule has 0 aromatic heterocycles. The summed E-state index contributed by atoms with van der Waals surface area (Å²) >= 11 is 0. The summed E-state index contributed by atoms with van der Waals surface area (Å²) in [7, 11) is 0. The van der Waals surface area contributed by atoms with Crippen molar-refractivity contribution in [3.8, 4) is 0 Å². The van der Waals surface area contributed by atoms with Crippen molar-refractivity contribution >= 4 is 11.9 Å². The van der Waals surface area contributed by atoms with E-state index in [1.165, 1.54) is 0 Å². The van der Waals surface area contributed by atoms with E-state index in [4.69, 9.17) is 5.73 Å². The van der Waals surface area contributed by atoms with Crippen LogP contribution in [0.5, 0.6) is 0 Å². The van der Waals surface area contributed by atoms with E-state index in [0.29, 0.717) is 6.54 Å². The van der Waals surface area contributed by atoms with Crippen LogP contribution in [-0.2, 0) is 0 Å². The van der Waals surface area contributed by atoms with Gasteiger partial charge in [0.15, 0.2) is 0 Å². The second-order valence-electron chi connectivity index (χ2n) is 1.73. The van der Waals surface area contributed by atoms with Crippen molar-refractivity contribution in [2.75, 3.05) is 6.54 Å². The van der Waals surface area contributed by atoms with Gasteiger partial charge >= 0.3 is 0 Å². The van der Waals surface area contributed by atoms with Crippen LogP contribution < -0.4 is 5.73 Å². The van der Waals surface area contributed by atoms with E-state index in [1.54, 1.807) is 6.21 Å². The lowest BCUT2D eigenvalue weighted by Gasteiger charge is -1.88. The Balaban J connectivity index is 2.58. The van der Waals surface area contributed by atoms with Crippen LogP contribution in [-0.4, -0.2) is 24.6 Å². The molecule has 1 heterocycles. The van der Waals surface area contributed by atoms with Crippen LogP contribution >= 0.6 is 0 Å². The van der Waals surface area contributed by atoms with E-state index in [1.807, 2.05) is 6.92 Å². The lowest BCUT2D eigenvalue weighted by atomic mass is 10.4. The molecule has 0 bridgehead atoms. The molecule has 3 heteroatoms. The molecule has 0 saturated heterocycles. The Hall–Kier alpha value is -0.700. The zero-order chi connectivity index (χ0) is 5.98. The second kappa shape index (κ2) is 2.05. The molecular weight excluding hydrogens is 102 g/mol. The average molecular weight is 111 g/mol. The van der Waals surface area contributed by atoms with Gasteiger partial charge in [0.25, 0.3) is 0 Å². The Morgan fingerprint density at radius 1 is 1.88 bits per heavy atom. The Labute approximate surface area is 48.3 Å². The molecule has 2 N–H and O–H groups in total. The van der Waals surface area contributed by atoms with Crippen LogP contribution in [0.25, 0.3) is 0 Å². The highest BCUT2D eigenvalue weighted by Gasteiger charge is 2.02. The van der Waals surface area contributed by atoms with Crippen molar-refractivity contribution in [3.05, 3.63) is 0 Å². The van der Waals surface area contributed by atoms with Gasteiger partial charge in [-0.25, -0.2) is 0 Å². The van der Waals surface area contributed by atoms with E-state index in [2.05, 4.69) is 9.98 Å². The van der Waals surface area contributed by atoms with Gasteiger partial charge in [-0.3, -0.25) is 9.98 Å². The first-order valence-electron chi connectivity index (χ1n) is 2.63. The third-order valence-electron chi connectivity index (χ3n) is 1.00. The number of rotatable bonds is 1. The van der Waals surface area contributed by atoms with E-state index < -0.39 is 0 Å². The van der Waals surface area contributed by atoms with E-state index in [-0.39, 0.29) is 6.17 Å². The number of hydrogen-bond acceptors (Lipinski definition) is 3. The van der Waals surface area contributed by atoms with Crippen molar-refractivity contribution in [2.45, 2.75) is 13.1 Å². The molecule has 1 rings (SSSR count). The number of nitrogens with two attached hydrogens (primary N) is 1. The van der Waals surface area contributed by atoms with Gasteiger partial charge in [-0.2, -0.15) is 0 Å². The molecule has 1 aliphatic heterocycles. The maximum absolute atomic E-state index is 5.27. The van der Waals surface area contributed by atoms with E-state index >= 15 is 0 Å². The fourth-order valence-corrected chi connectivity index (χ4v) is 0.606. The first-order chi connectivity index (χ1) is 3.83. The number of aliphatic imine (C=N–C) groups is 2. The third kappa shape index (κ3) is 0.924. The minimum atomic E-state index is 0.105. The highest BCUT2D eigenvalue weighted by atomic mass is 15.0. The molecule has 0 aromatic carbocycles. The molecule has 0 radical (unpaired) electrons. The Kier molecular flexibility index (Phi) is 1.39. The maximum atomic E-state index is 5.27. The van der Waals surface area contributed by atoms with Crippen molar-refractivity contribution in [2.24, 2.45) is 15.7 Å². The lowest BCUT2D eigenvalue weighted by molar-refractivity contribution is 0.815. The highest BCUT2D eigenvalue weighted by molar-refractivity contribution is 6.32. The molecule has 1 aliphatic rings. The summed E-state index contributed by atoms with van der Waals surface area (Å²) in [6.45, 7) is 2.44. The van der Waals surface area contributed by atoms with Crippen LogP contribution in [0, 0.1) is 0 Å². The molecule has 8 heavy (non-hydrogen) atoms. The fourth-order valence-electron chi connectivity index (χ4n) is 0.606. The van der Waals surface area contributed by atoms with Crippen LogP contribution in [0.3, 0.4) is 0 Å². The molecular formula is C5H9N3. The van der Waals surface area contributed by atoms with Gasteiger partial charge in [-0.1, -0.05) is 0 Å². The number of nitrogens with zero attached hydrogens (tertiary/aromatic N) is 2. The normalized spacial score (nSPS) is 26.2. The minimum absolute atomic E-state index is 0.105. The van der Waals surface area contributed by atoms with E-state index in [9.17, 15) is 0 Å². The van der Waals surface area contributed by atoms with Crippen molar-refractivity contribution in [1.82, 2.24) is 0 Å². The Bertz CT molecular complexity index is 137. The summed E-state index contributed by atoms with van der Waals surface area (Å²) in [5.41, 5.74) is 6.17. The lowest BCUT2D eigenvalue weighted by Crippen LogP contribution is -2.12. The molecule has 3 nitrogen and oxygen atoms in total. The molecule has 44 valence electrons. The van der Waals surface area contributed by atoms with Gasteiger partial charge < -0.3 is 5.73 Å². The molecule has 0 saturated carbocycles. The summed E-state index contributed by atoms with van der Waals surface area (Å²) in [6.07, 6.45) is 1.83. The minimum Gasteiger partial charge on any atom is -0.325 e. The van der Waals surface area contributed by atoms with Gasteiger partial charge in [0.05, 0.1) is 5.71 Å². The van der Waals surface area contributed by atoms with Gasteiger partial charge in [0, 0.05) is 12.8 Å². The Morgan fingerprint density at radius 2 is 2.62 bits per heavy atom. The molecule has 1 atom stereocenters. The number of hydrogen-bond donors (Lipinski definition) is 1. The van der Waals surface area contributed by atoms with Crippen molar-refractivity contribution in [3.63, 3.8) is 0 Å². The molecule has 0 fully saturated rings. The first-order valence-corrected chi connectivity index (χ1v) is 2.63. The highest BCUT2D eigenvalue weighted by Crippen LogP contribution is 1.96. The van der Waals surface area contributed by atoms with Crippen molar-refractivity contribution < 1.29 is 0 Å². The average Bonchev–Trinajstić information content (AvgIpc) is 2.14.